The van der Waals surface area contributed by atoms with E-state index in [4.69, 9.17) is 18.9 Å². The number of sulfonamides is 1. The molecule has 2 unspecified atom stereocenters. The Kier molecular flexibility index (Phi) is 11.7. The minimum absolute atomic E-state index is 0.137. The van der Waals surface area contributed by atoms with Crippen LogP contribution in [0.2, 0.25) is 0 Å². The maximum absolute atomic E-state index is 14.7. The quantitative estimate of drug-likeness (QED) is 0.0578. The summed E-state index contributed by atoms with van der Waals surface area (Å²) in [6.45, 7) is -1.25. The summed E-state index contributed by atoms with van der Waals surface area (Å²) in [7, 11) is -10.5. The van der Waals surface area contributed by atoms with Gasteiger partial charge in [0.1, 0.15) is 37.1 Å². The molecule has 0 fully saturated rings. The summed E-state index contributed by atoms with van der Waals surface area (Å²) in [5, 5.41) is 0. The monoisotopic (exact) mass is 933 g/mol. The van der Waals surface area contributed by atoms with E-state index in [2.05, 4.69) is 0 Å². The molecule has 56 heavy (non-hydrogen) atoms. The number of carbonyl (C=O) groups is 3. The molecule has 0 aromatic heterocycles. The third-order valence-corrected chi connectivity index (χ3v) is 12.3. The Morgan fingerprint density at radius 2 is 1.21 bits per heavy atom. The van der Waals surface area contributed by atoms with Gasteiger partial charge >= 0.3 is 27.5 Å². The van der Waals surface area contributed by atoms with Crippen molar-refractivity contribution in [3.8, 4) is 11.5 Å². The molecule has 2 N–H and O–H groups in total. The number of esters is 2. The van der Waals surface area contributed by atoms with E-state index in [-0.39, 0.29) is 27.4 Å². The second kappa shape index (κ2) is 16.0. The molecule has 0 saturated heterocycles. The average molecular weight is 934 g/mol. The molecule has 20 heteroatoms. The average Bonchev–Trinajstić information content (AvgIpc) is 3.14. The molecule has 296 valence electrons. The van der Waals surface area contributed by atoms with Crippen LogP contribution in [0, 0.1) is 21.2 Å². The van der Waals surface area contributed by atoms with E-state index in [0.717, 1.165) is 39.1 Å². The van der Waals surface area contributed by atoms with Gasteiger partial charge in [0, 0.05) is 21.0 Å². The Balaban J connectivity index is 1.14. The molecule has 7 rings (SSSR count). The lowest BCUT2D eigenvalue weighted by Gasteiger charge is -2.48. The molecule has 4 aromatic rings. The van der Waals surface area contributed by atoms with Gasteiger partial charge in [0.05, 0.1) is 11.8 Å². The fourth-order valence-electron chi connectivity index (χ4n) is 6.81. The number of alkyl halides is 3. The number of ether oxygens (including phenoxy) is 4. The lowest BCUT2D eigenvalue weighted by molar-refractivity contribution is -0.164. The zero-order valence-electron chi connectivity index (χ0n) is 28.4. The van der Waals surface area contributed by atoms with Crippen LogP contribution in [0.1, 0.15) is 44.4 Å². The predicted octanol–water partition coefficient (Wildman–Crippen LogP) is 5.32. The van der Waals surface area contributed by atoms with E-state index in [0.29, 0.717) is 6.07 Å². The van der Waals surface area contributed by atoms with Crippen molar-refractivity contribution < 1.29 is 72.3 Å². The van der Waals surface area contributed by atoms with Crippen molar-refractivity contribution in [1.82, 2.24) is 4.72 Å². The van der Waals surface area contributed by atoms with Crippen molar-refractivity contribution in [3.63, 3.8) is 0 Å². The second-order valence-corrected chi connectivity index (χ2v) is 16.6. The number of benzene rings is 4. The summed E-state index contributed by atoms with van der Waals surface area (Å²) >= 11 is 1.72. The number of halogens is 5. The Morgan fingerprint density at radius 3 is 1.66 bits per heavy atom. The molecule has 3 aliphatic carbocycles. The first kappa shape index (κ1) is 40.9. The van der Waals surface area contributed by atoms with E-state index in [1.807, 2.05) is 48.5 Å². The fraction of sp³-hybridized carbons (Fsp3) is 0.250. The fourth-order valence-corrected chi connectivity index (χ4v) is 9.15. The summed E-state index contributed by atoms with van der Waals surface area (Å²) in [5.74, 6) is -8.01. The van der Waals surface area contributed by atoms with Gasteiger partial charge in [0.2, 0.25) is 0 Å². The SMILES string of the molecule is O=C(NS(=O)(=O)C(F)(F)F)c1ccc(OCCOC(=O)C2C3c4ccccc4C(c4ccccc43)C2C(=O)OCCOc2ccc(S(=O)(=O)O)c(I)c2)c(F)c1. The van der Waals surface area contributed by atoms with Crippen LogP contribution in [-0.4, -0.2) is 71.2 Å². The van der Waals surface area contributed by atoms with Crippen molar-refractivity contribution in [2.24, 2.45) is 11.8 Å². The standard InChI is InChI=1S/C36H28F4INO12S2/c37-25-17-19(33(43)42-56(49,50)36(38,39)40)9-11-27(25)52-14-16-54-35(45)32-30-23-7-3-1-5-21(23)29(22-6-2-4-8-24(22)30)31(32)34(44)53-15-13-51-20-10-12-28(26(41)18-20)55(46,47)48/h1-12,17-18,29-32H,13-16H2,(H,42,43)(H,46,47,48). The lowest BCUT2D eigenvalue weighted by atomic mass is 9.54. The largest absolute Gasteiger partial charge is 0.516 e. The maximum Gasteiger partial charge on any atom is 0.516 e. The Bertz CT molecular complexity index is 2380. The lowest BCUT2D eigenvalue weighted by Crippen LogP contribution is -2.48. The van der Waals surface area contributed by atoms with Crippen molar-refractivity contribution >= 4 is 60.6 Å². The van der Waals surface area contributed by atoms with Crippen LogP contribution < -0.4 is 14.2 Å². The van der Waals surface area contributed by atoms with Crippen molar-refractivity contribution in [2.45, 2.75) is 22.2 Å². The summed E-state index contributed by atoms with van der Waals surface area (Å²) < 4.78 is 131. The van der Waals surface area contributed by atoms with Gasteiger partial charge in [-0.2, -0.15) is 30.0 Å². The molecule has 3 aliphatic rings. The molecule has 2 atom stereocenters. The zero-order chi connectivity index (χ0) is 40.6. The normalized spacial score (nSPS) is 18.6. The Hall–Kier alpha value is -4.80. The summed E-state index contributed by atoms with van der Waals surface area (Å²) in [6, 6.07) is 20.8. The van der Waals surface area contributed by atoms with Gasteiger partial charge in [0.15, 0.2) is 11.6 Å². The molecule has 1 amide bonds. The molecular weight excluding hydrogens is 905 g/mol. The zero-order valence-corrected chi connectivity index (χ0v) is 32.2. The van der Waals surface area contributed by atoms with Crippen LogP contribution in [0.15, 0.2) is 89.8 Å². The van der Waals surface area contributed by atoms with Gasteiger partial charge in [-0.15, -0.1) is 0 Å². The molecule has 0 saturated carbocycles. The third-order valence-electron chi connectivity index (χ3n) is 9.07. The van der Waals surface area contributed by atoms with Crippen LogP contribution in [0.5, 0.6) is 11.5 Å². The third kappa shape index (κ3) is 8.32. The minimum Gasteiger partial charge on any atom is -0.490 e. The van der Waals surface area contributed by atoms with E-state index >= 15 is 0 Å². The number of hydrogen-bond acceptors (Lipinski definition) is 11. The molecule has 0 heterocycles. The van der Waals surface area contributed by atoms with E-state index in [1.165, 1.54) is 18.2 Å². The van der Waals surface area contributed by atoms with Crippen LogP contribution in [0.3, 0.4) is 0 Å². The summed E-state index contributed by atoms with van der Waals surface area (Å²) in [5.41, 5.74) is -3.21. The first-order chi connectivity index (χ1) is 26.4. The highest BCUT2D eigenvalue weighted by molar-refractivity contribution is 14.1. The number of fused-ring (bicyclic) bond motifs is 1. The number of rotatable bonds is 13. The molecule has 0 spiro atoms. The number of amides is 1. The van der Waals surface area contributed by atoms with E-state index in [1.54, 1.807) is 22.6 Å². The topological polar surface area (TPSA) is 189 Å². The van der Waals surface area contributed by atoms with Gasteiger partial charge in [-0.25, -0.2) is 9.11 Å². The Labute approximate surface area is 330 Å². The molecule has 2 bridgehead atoms. The van der Waals surface area contributed by atoms with Gasteiger partial charge in [-0.1, -0.05) is 48.5 Å². The smallest absolute Gasteiger partial charge is 0.490 e. The molecular formula is C36H28F4INO12S2. The van der Waals surface area contributed by atoms with Crippen LogP contribution in [0.25, 0.3) is 0 Å². The van der Waals surface area contributed by atoms with Gasteiger partial charge in [0.25, 0.3) is 16.0 Å². The first-order valence-corrected chi connectivity index (χ1v) is 20.4. The molecule has 0 aliphatic heterocycles. The Morgan fingerprint density at radius 1 is 0.714 bits per heavy atom. The van der Waals surface area contributed by atoms with E-state index in [9.17, 15) is 53.3 Å². The van der Waals surface area contributed by atoms with Crippen molar-refractivity contribution in [2.75, 3.05) is 26.4 Å². The summed E-state index contributed by atoms with van der Waals surface area (Å²) in [6.07, 6.45) is 0. The van der Waals surface area contributed by atoms with Crippen molar-refractivity contribution in [1.29, 1.82) is 0 Å². The molecule has 0 radical (unpaired) electrons. The van der Waals surface area contributed by atoms with E-state index < -0.39 is 97.5 Å². The van der Waals surface area contributed by atoms with Crippen LogP contribution in [0.4, 0.5) is 17.6 Å². The van der Waals surface area contributed by atoms with Crippen LogP contribution >= 0.6 is 22.6 Å². The van der Waals surface area contributed by atoms with Gasteiger partial charge < -0.3 is 18.9 Å². The molecule has 13 nitrogen and oxygen atoms in total. The highest BCUT2D eigenvalue weighted by Gasteiger charge is 2.56. The number of carbonyl (C=O) groups excluding carboxylic acids is 3. The number of hydrogen-bond donors (Lipinski definition) is 2. The highest BCUT2D eigenvalue weighted by atomic mass is 127. The minimum atomic E-state index is -6.03. The maximum atomic E-state index is 14.7. The first-order valence-electron chi connectivity index (χ1n) is 16.4. The highest BCUT2D eigenvalue weighted by Crippen LogP contribution is 2.58. The molecule has 4 aromatic carbocycles. The van der Waals surface area contributed by atoms with Crippen molar-refractivity contribution in [3.05, 3.63) is 122 Å². The van der Waals surface area contributed by atoms with Gasteiger partial charge in [-0.3, -0.25) is 18.9 Å². The second-order valence-electron chi connectivity index (χ2n) is 12.4. The van der Waals surface area contributed by atoms with Gasteiger partial charge in [-0.05, 0) is 81.2 Å². The predicted molar refractivity (Wildman–Crippen MR) is 194 cm³/mol. The number of nitrogens with one attached hydrogen (secondary N) is 1. The summed E-state index contributed by atoms with van der Waals surface area (Å²) in [4.78, 5) is 39.6. The van der Waals surface area contributed by atoms with Crippen LogP contribution in [-0.2, 0) is 39.2 Å².